The molecule has 2 heterocycles. The maximum absolute atomic E-state index is 12.3. The van der Waals surface area contributed by atoms with Crippen LogP contribution in [0.15, 0.2) is 17.5 Å². The molecular formula is C18H30N2O2S. The number of amides is 1. The Morgan fingerprint density at radius 3 is 2.78 bits per heavy atom. The highest BCUT2D eigenvalue weighted by atomic mass is 32.1. The van der Waals surface area contributed by atoms with Crippen molar-refractivity contribution < 1.29 is 9.53 Å². The smallest absolute Gasteiger partial charge is 0.410 e. The van der Waals surface area contributed by atoms with Crippen molar-refractivity contribution in [1.82, 2.24) is 10.2 Å². The second-order valence-electron chi connectivity index (χ2n) is 7.52. The Bertz CT molecular complexity index is 496. The van der Waals surface area contributed by atoms with E-state index in [4.69, 9.17) is 4.74 Å². The highest BCUT2D eigenvalue weighted by Gasteiger charge is 2.30. The van der Waals surface area contributed by atoms with E-state index in [2.05, 4.69) is 36.7 Å². The fourth-order valence-corrected chi connectivity index (χ4v) is 3.80. The Labute approximate surface area is 144 Å². The lowest BCUT2D eigenvalue weighted by Crippen LogP contribution is -2.48. The van der Waals surface area contributed by atoms with Crippen molar-refractivity contribution in [3.05, 3.63) is 22.4 Å². The summed E-state index contributed by atoms with van der Waals surface area (Å²) in [5.74, 6) is 0.471. The number of likely N-dealkylation sites (tertiary alicyclic amines) is 1. The third-order valence-electron chi connectivity index (χ3n) is 4.30. The van der Waals surface area contributed by atoms with Crippen LogP contribution in [0.1, 0.15) is 58.4 Å². The molecule has 1 N–H and O–H groups in total. The van der Waals surface area contributed by atoms with Crippen molar-refractivity contribution in [3.63, 3.8) is 0 Å². The van der Waals surface area contributed by atoms with E-state index in [0.717, 1.165) is 25.9 Å². The zero-order chi connectivity index (χ0) is 17.0. The van der Waals surface area contributed by atoms with Crippen molar-refractivity contribution in [3.8, 4) is 0 Å². The molecule has 2 rings (SSSR count). The summed E-state index contributed by atoms with van der Waals surface area (Å²) in [6, 6.07) is 4.98. The average Bonchev–Trinajstić information content (AvgIpc) is 3.00. The first-order valence-electron chi connectivity index (χ1n) is 8.53. The Hall–Kier alpha value is -1.07. The number of carbonyl (C=O) groups is 1. The number of nitrogens with one attached hydrogen (secondary N) is 1. The quantitative estimate of drug-likeness (QED) is 0.883. The first-order chi connectivity index (χ1) is 10.8. The maximum Gasteiger partial charge on any atom is 0.410 e. The number of nitrogens with zero attached hydrogens (tertiary/aromatic N) is 1. The van der Waals surface area contributed by atoms with Gasteiger partial charge in [-0.1, -0.05) is 6.07 Å². The molecular weight excluding hydrogens is 308 g/mol. The van der Waals surface area contributed by atoms with Gasteiger partial charge in [0.25, 0.3) is 0 Å². The van der Waals surface area contributed by atoms with Gasteiger partial charge in [0.1, 0.15) is 5.60 Å². The molecule has 1 aromatic rings. The van der Waals surface area contributed by atoms with Gasteiger partial charge in [-0.15, -0.1) is 11.3 Å². The van der Waals surface area contributed by atoms with Crippen LogP contribution in [-0.2, 0) is 4.74 Å². The van der Waals surface area contributed by atoms with Gasteiger partial charge in [-0.3, -0.25) is 0 Å². The minimum Gasteiger partial charge on any atom is -0.444 e. The molecule has 1 aromatic heterocycles. The van der Waals surface area contributed by atoms with Crippen molar-refractivity contribution >= 4 is 17.4 Å². The number of ether oxygens (including phenoxy) is 1. The lowest BCUT2D eigenvalue weighted by molar-refractivity contribution is 0.0146. The summed E-state index contributed by atoms with van der Waals surface area (Å²) < 4.78 is 5.51. The molecule has 0 radical (unpaired) electrons. The Morgan fingerprint density at radius 2 is 2.17 bits per heavy atom. The molecule has 1 fully saturated rings. The second-order valence-corrected chi connectivity index (χ2v) is 8.50. The predicted octanol–water partition coefficient (Wildman–Crippen LogP) is 4.43. The Kier molecular flexibility index (Phi) is 6.09. The SMILES string of the molecule is CC(N[C@@H](C)c1cccs1)C1CCCN(C(=O)OC(C)(C)C)C1. The lowest BCUT2D eigenvalue weighted by atomic mass is 9.91. The summed E-state index contributed by atoms with van der Waals surface area (Å²) >= 11 is 1.78. The van der Waals surface area contributed by atoms with Gasteiger partial charge in [-0.05, 0) is 64.8 Å². The molecule has 0 aromatic carbocycles. The molecule has 3 atom stereocenters. The number of rotatable bonds is 4. The van der Waals surface area contributed by atoms with E-state index >= 15 is 0 Å². The highest BCUT2D eigenvalue weighted by Crippen LogP contribution is 2.25. The molecule has 23 heavy (non-hydrogen) atoms. The second kappa shape index (κ2) is 7.67. The topological polar surface area (TPSA) is 41.6 Å². The van der Waals surface area contributed by atoms with Crippen LogP contribution in [0.4, 0.5) is 4.79 Å². The van der Waals surface area contributed by atoms with Gasteiger partial charge in [-0.2, -0.15) is 0 Å². The van der Waals surface area contributed by atoms with Crippen LogP contribution in [0.25, 0.3) is 0 Å². The fourth-order valence-electron chi connectivity index (χ4n) is 3.06. The van der Waals surface area contributed by atoms with E-state index in [0.29, 0.717) is 18.0 Å². The standard InChI is InChI=1S/C18H30N2O2S/c1-13(19-14(2)16-9-7-11-23-16)15-8-6-10-20(12-15)17(21)22-18(3,4)5/h7,9,11,13-15,19H,6,8,10,12H2,1-5H3/t13?,14-,15?/m0/s1. The lowest BCUT2D eigenvalue weighted by Gasteiger charge is -2.37. The molecule has 4 nitrogen and oxygen atoms in total. The van der Waals surface area contributed by atoms with Gasteiger partial charge in [0, 0.05) is 30.1 Å². The van der Waals surface area contributed by atoms with Crippen LogP contribution in [0.3, 0.4) is 0 Å². The molecule has 1 aliphatic heterocycles. The number of carbonyl (C=O) groups excluding carboxylic acids is 1. The van der Waals surface area contributed by atoms with Crippen molar-refractivity contribution in [1.29, 1.82) is 0 Å². The fraction of sp³-hybridized carbons (Fsp3) is 0.722. The molecule has 1 amide bonds. The Balaban J connectivity index is 1.88. The molecule has 2 unspecified atom stereocenters. The molecule has 0 bridgehead atoms. The van der Waals surface area contributed by atoms with E-state index in [-0.39, 0.29) is 6.09 Å². The number of piperidine rings is 1. The van der Waals surface area contributed by atoms with Crippen LogP contribution in [0, 0.1) is 5.92 Å². The van der Waals surface area contributed by atoms with Gasteiger partial charge < -0.3 is 15.0 Å². The highest BCUT2D eigenvalue weighted by molar-refractivity contribution is 7.10. The van der Waals surface area contributed by atoms with Crippen molar-refractivity contribution in [2.75, 3.05) is 13.1 Å². The normalized spacial score (nSPS) is 21.8. The number of thiophene rings is 1. The third kappa shape index (κ3) is 5.50. The molecule has 0 aliphatic carbocycles. The summed E-state index contributed by atoms with van der Waals surface area (Å²) in [4.78, 5) is 15.5. The van der Waals surface area contributed by atoms with Crippen LogP contribution in [0.2, 0.25) is 0 Å². The minimum atomic E-state index is -0.429. The minimum absolute atomic E-state index is 0.180. The summed E-state index contributed by atoms with van der Waals surface area (Å²) in [6.45, 7) is 11.8. The van der Waals surface area contributed by atoms with Crippen molar-refractivity contribution in [2.24, 2.45) is 5.92 Å². The monoisotopic (exact) mass is 338 g/mol. The number of hydrogen-bond donors (Lipinski definition) is 1. The maximum atomic E-state index is 12.3. The molecule has 130 valence electrons. The molecule has 0 saturated carbocycles. The average molecular weight is 339 g/mol. The van der Waals surface area contributed by atoms with Gasteiger partial charge in [-0.25, -0.2) is 4.79 Å². The largest absolute Gasteiger partial charge is 0.444 e. The van der Waals surface area contributed by atoms with Crippen LogP contribution < -0.4 is 5.32 Å². The zero-order valence-corrected chi connectivity index (χ0v) is 15.8. The molecule has 0 spiro atoms. The van der Waals surface area contributed by atoms with Gasteiger partial charge >= 0.3 is 6.09 Å². The van der Waals surface area contributed by atoms with Gasteiger partial charge in [0.15, 0.2) is 0 Å². The van der Waals surface area contributed by atoms with E-state index in [1.54, 1.807) is 11.3 Å². The van der Waals surface area contributed by atoms with Gasteiger partial charge in [0.2, 0.25) is 0 Å². The van der Waals surface area contributed by atoms with Crippen molar-refractivity contribution in [2.45, 2.75) is 65.1 Å². The first-order valence-corrected chi connectivity index (χ1v) is 9.41. The van der Waals surface area contributed by atoms with E-state index in [1.807, 2.05) is 25.7 Å². The summed E-state index contributed by atoms with van der Waals surface area (Å²) in [5, 5.41) is 5.81. The molecule has 5 heteroatoms. The van der Waals surface area contributed by atoms with Crippen LogP contribution in [-0.4, -0.2) is 35.7 Å². The van der Waals surface area contributed by atoms with Gasteiger partial charge in [0.05, 0.1) is 0 Å². The summed E-state index contributed by atoms with van der Waals surface area (Å²) in [7, 11) is 0. The summed E-state index contributed by atoms with van der Waals surface area (Å²) in [6.07, 6.45) is 2.02. The zero-order valence-electron chi connectivity index (χ0n) is 15.0. The van der Waals surface area contributed by atoms with E-state index in [1.165, 1.54) is 4.88 Å². The molecule has 1 saturated heterocycles. The third-order valence-corrected chi connectivity index (χ3v) is 5.35. The van der Waals surface area contributed by atoms with Crippen LogP contribution >= 0.6 is 11.3 Å². The summed E-state index contributed by atoms with van der Waals surface area (Å²) in [5.41, 5.74) is -0.429. The molecule has 1 aliphatic rings. The van der Waals surface area contributed by atoms with E-state index in [9.17, 15) is 4.79 Å². The number of hydrogen-bond acceptors (Lipinski definition) is 4. The Morgan fingerprint density at radius 1 is 1.43 bits per heavy atom. The van der Waals surface area contributed by atoms with Crippen LogP contribution in [0.5, 0.6) is 0 Å². The predicted molar refractivity (Wildman–Crippen MR) is 95.9 cm³/mol. The first kappa shape index (κ1) is 18.3. The van der Waals surface area contributed by atoms with E-state index < -0.39 is 5.60 Å².